The summed E-state index contributed by atoms with van der Waals surface area (Å²) in [5.74, 6) is 0.714. The van der Waals surface area contributed by atoms with Crippen molar-refractivity contribution in [2.75, 3.05) is 18.8 Å². The van der Waals surface area contributed by atoms with Gasteiger partial charge in [-0.25, -0.2) is 9.78 Å². The molecule has 0 aromatic carbocycles. The van der Waals surface area contributed by atoms with E-state index in [0.717, 1.165) is 12.8 Å². The molecule has 6 nitrogen and oxygen atoms in total. The van der Waals surface area contributed by atoms with Crippen molar-refractivity contribution < 1.29 is 13.7 Å². The molecule has 0 bridgehead atoms. The summed E-state index contributed by atoms with van der Waals surface area (Å²) in [6.45, 7) is 6.75. The van der Waals surface area contributed by atoms with E-state index in [4.69, 9.17) is 10.00 Å². The fourth-order valence-electron chi connectivity index (χ4n) is 2.56. The Bertz CT molecular complexity index is 656. The van der Waals surface area contributed by atoms with Crippen LogP contribution in [-0.4, -0.2) is 44.6 Å². The smallest absolute Gasteiger partial charge is 0.410 e. The highest BCUT2D eigenvalue weighted by Gasteiger charge is 2.28. The zero-order valence-corrected chi connectivity index (χ0v) is 15.1. The second-order valence-electron chi connectivity index (χ2n) is 6.89. The van der Waals surface area contributed by atoms with E-state index in [2.05, 4.69) is 4.98 Å². The quantitative estimate of drug-likeness (QED) is 0.838. The first-order chi connectivity index (χ1) is 11.3. The summed E-state index contributed by atoms with van der Waals surface area (Å²) in [4.78, 5) is 17.8. The Labute approximate surface area is 145 Å². The number of likely N-dealkylation sites (tertiary alicyclic amines) is 1. The first kappa shape index (κ1) is 18.4. The van der Waals surface area contributed by atoms with Crippen LogP contribution in [0.3, 0.4) is 0 Å². The minimum Gasteiger partial charge on any atom is -0.444 e. The van der Waals surface area contributed by atoms with Crippen LogP contribution in [0.2, 0.25) is 0 Å². The molecule has 0 aliphatic carbocycles. The monoisotopic (exact) mass is 349 g/mol. The lowest BCUT2D eigenvalue weighted by atomic mass is 9.99. The van der Waals surface area contributed by atoms with Gasteiger partial charge in [-0.1, -0.05) is 0 Å². The maximum atomic E-state index is 12.5. The molecule has 2 heterocycles. The maximum Gasteiger partial charge on any atom is 0.410 e. The first-order valence-corrected chi connectivity index (χ1v) is 9.33. The zero-order chi connectivity index (χ0) is 17.7. The lowest BCUT2D eigenvalue weighted by Crippen LogP contribution is -2.42. The van der Waals surface area contributed by atoms with Gasteiger partial charge in [-0.2, -0.15) is 5.26 Å². The Balaban J connectivity index is 1.88. The summed E-state index contributed by atoms with van der Waals surface area (Å²) in [6.07, 6.45) is 2.82. The van der Waals surface area contributed by atoms with Crippen LogP contribution in [0.4, 0.5) is 4.79 Å². The molecule has 2 rings (SSSR count). The van der Waals surface area contributed by atoms with Crippen molar-refractivity contribution in [2.24, 2.45) is 5.92 Å². The Hall–Kier alpha value is -1.94. The molecule has 7 heteroatoms. The number of hydrogen-bond donors (Lipinski definition) is 0. The predicted molar refractivity (Wildman–Crippen MR) is 90.8 cm³/mol. The molecule has 1 fully saturated rings. The van der Waals surface area contributed by atoms with Gasteiger partial charge in [0.15, 0.2) is 0 Å². The van der Waals surface area contributed by atoms with E-state index in [9.17, 15) is 9.00 Å². The number of nitrogens with zero attached hydrogens (tertiary/aromatic N) is 3. The third-order valence-corrected chi connectivity index (χ3v) is 5.29. The van der Waals surface area contributed by atoms with Gasteiger partial charge in [0.25, 0.3) is 0 Å². The number of amides is 1. The van der Waals surface area contributed by atoms with E-state index in [-0.39, 0.29) is 12.0 Å². The number of pyridine rings is 1. The van der Waals surface area contributed by atoms with Crippen LogP contribution in [0.25, 0.3) is 0 Å². The van der Waals surface area contributed by atoms with Gasteiger partial charge in [-0.05, 0) is 51.7 Å². The molecule has 1 aliphatic rings. The lowest BCUT2D eigenvalue weighted by Gasteiger charge is -2.33. The van der Waals surface area contributed by atoms with Gasteiger partial charge in [0.05, 0.1) is 16.4 Å². The van der Waals surface area contributed by atoms with Crippen LogP contribution in [0.15, 0.2) is 23.4 Å². The van der Waals surface area contributed by atoms with E-state index >= 15 is 0 Å². The third-order valence-electron chi connectivity index (χ3n) is 3.76. The molecular weight excluding hydrogens is 326 g/mol. The summed E-state index contributed by atoms with van der Waals surface area (Å²) >= 11 is 0. The molecule has 0 saturated carbocycles. The highest BCUT2D eigenvalue weighted by Crippen LogP contribution is 2.22. The van der Waals surface area contributed by atoms with E-state index in [1.165, 1.54) is 0 Å². The number of aromatic nitrogens is 1. The summed E-state index contributed by atoms with van der Waals surface area (Å²) in [5, 5.41) is 9.44. The molecule has 0 N–H and O–H groups in total. The van der Waals surface area contributed by atoms with Gasteiger partial charge < -0.3 is 9.64 Å². The molecule has 1 atom stereocenters. The van der Waals surface area contributed by atoms with Crippen LogP contribution in [0.1, 0.15) is 39.2 Å². The number of nitriles is 1. The number of piperidine rings is 1. The van der Waals surface area contributed by atoms with Gasteiger partial charge in [-0.3, -0.25) is 4.21 Å². The van der Waals surface area contributed by atoms with Gasteiger partial charge in [0.2, 0.25) is 0 Å². The van der Waals surface area contributed by atoms with Crippen molar-refractivity contribution in [3.05, 3.63) is 23.9 Å². The Kier molecular flexibility index (Phi) is 5.94. The SMILES string of the molecule is CC(C)(C)OC(=O)N1CCC(CS(=O)c2ncccc2C#N)CC1. The van der Waals surface area contributed by atoms with Crippen LogP contribution in [0, 0.1) is 17.2 Å². The van der Waals surface area contributed by atoms with E-state index < -0.39 is 16.4 Å². The standard InChI is InChI=1S/C17H23N3O3S/c1-17(2,3)23-16(21)20-9-6-13(7-10-20)12-24(22)15-14(11-18)5-4-8-19-15/h4-5,8,13H,6-7,9-10,12H2,1-3H3. The summed E-state index contributed by atoms with van der Waals surface area (Å²) in [7, 11) is -1.30. The average molecular weight is 349 g/mol. The number of carbonyl (C=O) groups is 1. The van der Waals surface area contributed by atoms with E-state index in [0.29, 0.717) is 29.4 Å². The molecule has 1 aromatic heterocycles. The fraction of sp³-hybridized carbons (Fsp3) is 0.588. The van der Waals surface area contributed by atoms with E-state index in [1.807, 2.05) is 26.8 Å². The Morgan fingerprint density at radius 3 is 2.71 bits per heavy atom. The predicted octanol–water partition coefficient (Wildman–Crippen LogP) is 2.71. The van der Waals surface area contributed by atoms with Gasteiger partial charge in [-0.15, -0.1) is 0 Å². The van der Waals surface area contributed by atoms with Gasteiger partial charge in [0, 0.05) is 25.0 Å². The first-order valence-electron chi connectivity index (χ1n) is 8.01. The number of hydrogen-bond acceptors (Lipinski definition) is 5. The van der Waals surface area contributed by atoms with Crippen LogP contribution in [0.5, 0.6) is 0 Å². The van der Waals surface area contributed by atoms with Crippen molar-refractivity contribution in [1.29, 1.82) is 5.26 Å². The largest absolute Gasteiger partial charge is 0.444 e. The second-order valence-corrected chi connectivity index (χ2v) is 8.30. The molecule has 1 aliphatic heterocycles. The van der Waals surface area contributed by atoms with Crippen molar-refractivity contribution >= 4 is 16.9 Å². The van der Waals surface area contributed by atoms with Crippen molar-refractivity contribution in [2.45, 2.75) is 44.2 Å². The lowest BCUT2D eigenvalue weighted by molar-refractivity contribution is 0.0191. The molecule has 1 saturated heterocycles. The van der Waals surface area contributed by atoms with Gasteiger partial charge in [0.1, 0.15) is 16.7 Å². The van der Waals surface area contributed by atoms with Crippen LogP contribution >= 0.6 is 0 Å². The highest BCUT2D eigenvalue weighted by molar-refractivity contribution is 7.85. The minimum atomic E-state index is -1.30. The number of carbonyl (C=O) groups excluding carboxylic acids is 1. The summed E-state index contributed by atoms with van der Waals surface area (Å²) in [5.41, 5.74) is -0.135. The normalized spacial score (nSPS) is 17.2. The molecule has 24 heavy (non-hydrogen) atoms. The maximum absolute atomic E-state index is 12.5. The molecular formula is C17H23N3O3S. The van der Waals surface area contributed by atoms with Crippen molar-refractivity contribution in [3.63, 3.8) is 0 Å². The summed E-state index contributed by atoms with van der Waals surface area (Å²) in [6, 6.07) is 5.33. The zero-order valence-electron chi connectivity index (χ0n) is 14.3. The second kappa shape index (κ2) is 7.75. The average Bonchev–Trinajstić information content (AvgIpc) is 2.53. The van der Waals surface area contributed by atoms with Gasteiger partial charge >= 0.3 is 6.09 Å². The molecule has 1 aromatic rings. The fourth-order valence-corrected chi connectivity index (χ4v) is 4.02. The molecule has 0 radical (unpaired) electrons. The molecule has 0 spiro atoms. The van der Waals surface area contributed by atoms with E-state index in [1.54, 1.807) is 23.2 Å². The van der Waals surface area contributed by atoms with Crippen LogP contribution in [-0.2, 0) is 15.5 Å². The number of rotatable bonds is 3. The van der Waals surface area contributed by atoms with Crippen LogP contribution < -0.4 is 0 Å². The third kappa shape index (κ3) is 5.03. The molecule has 130 valence electrons. The topological polar surface area (TPSA) is 83.3 Å². The summed E-state index contributed by atoms with van der Waals surface area (Å²) < 4.78 is 17.9. The van der Waals surface area contributed by atoms with Crippen molar-refractivity contribution in [3.8, 4) is 6.07 Å². The Morgan fingerprint density at radius 2 is 2.12 bits per heavy atom. The molecule has 1 amide bonds. The molecule has 1 unspecified atom stereocenters. The highest BCUT2D eigenvalue weighted by atomic mass is 32.2. The minimum absolute atomic E-state index is 0.248. The number of ether oxygens (including phenoxy) is 1. The van der Waals surface area contributed by atoms with Crippen molar-refractivity contribution in [1.82, 2.24) is 9.88 Å². The Morgan fingerprint density at radius 1 is 1.46 bits per heavy atom.